The first-order chi connectivity index (χ1) is 16.7. The second-order valence-corrected chi connectivity index (χ2v) is 9.11. The zero-order valence-electron chi connectivity index (χ0n) is 20.4. The predicted octanol–water partition coefficient (Wildman–Crippen LogP) is 4.06. The van der Waals surface area contributed by atoms with Gasteiger partial charge in [-0.2, -0.15) is 5.06 Å². The maximum atomic E-state index is 12.7. The number of hydroxylamine groups is 1. The number of amides is 1. The monoisotopic (exact) mass is 478 g/mol. The minimum absolute atomic E-state index is 0.0522. The van der Waals surface area contributed by atoms with Gasteiger partial charge in [0.2, 0.25) is 5.91 Å². The topological polar surface area (TPSA) is 85.4 Å². The Morgan fingerprint density at radius 1 is 1.09 bits per heavy atom. The molecule has 0 aromatic heterocycles. The number of fused-ring (bicyclic) bond motifs is 1. The van der Waals surface area contributed by atoms with E-state index in [1.165, 1.54) is 18.1 Å². The van der Waals surface area contributed by atoms with Crippen LogP contribution in [0.5, 0.6) is 11.5 Å². The third-order valence-electron chi connectivity index (χ3n) is 6.30. The van der Waals surface area contributed by atoms with Gasteiger partial charge in [0.1, 0.15) is 0 Å². The Morgan fingerprint density at radius 2 is 1.80 bits per heavy atom. The van der Waals surface area contributed by atoms with E-state index in [1.807, 2.05) is 31.2 Å². The zero-order chi connectivity index (χ0) is 25.1. The van der Waals surface area contributed by atoms with Crippen molar-refractivity contribution >= 4 is 23.5 Å². The highest BCUT2D eigenvalue weighted by Gasteiger charge is 2.29. The van der Waals surface area contributed by atoms with Crippen LogP contribution < -0.4 is 14.5 Å². The molecule has 184 valence electrons. The molecule has 4 rings (SSSR count). The van der Waals surface area contributed by atoms with Crippen molar-refractivity contribution in [1.29, 1.82) is 0 Å². The van der Waals surface area contributed by atoms with Crippen molar-refractivity contribution in [2.75, 3.05) is 24.8 Å². The van der Waals surface area contributed by atoms with E-state index in [2.05, 4.69) is 18.7 Å². The normalized spacial score (nSPS) is 20.9. The quantitative estimate of drug-likeness (QED) is 0.352. The highest BCUT2D eigenvalue weighted by molar-refractivity contribution is 6.01. The first-order valence-electron chi connectivity index (χ1n) is 11.8. The number of carbonyl (C=O) groups is 3. The van der Waals surface area contributed by atoms with E-state index in [4.69, 9.17) is 14.3 Å². The van der Waals surface area contributed by atoms with Crippen LogP contribution in [0.25, 0.3) is 11.1 Å². The molecule has 2 atom stereocenters. The number of hydrogen-bond donors (Lipinski definition) is 0. The summed E-state index contributed by atoms with van der Waals surface area (Å²) in [5, 5.41) is 1.22. The largest absolute Gasteiger partial charge is 0.419 e. The summed E-state index contributed by atoms with van der Waals surface area (Å²) in [4.78, 5) is 45.6. The van der Waals surface area contributed by atoms with E-state index in [0.717, 1.165) is 30.7 Å². The number of esters is 2. The minimum atomic E-state index is -0.720. The number of ether oxygens (including phenoxy) is 2. The smallest absolute Gasteiger partial charge is 0.336 e. The number of aryl methyl sites for hydroxylation is 1. The van der Waals surface area contributed by atoms with Crippen LogP contribution in [0.15, 0.2) is 48.6 Å². The van der Waals surface area contributed by atoms with Gasteiger partial charge in [0, 0.05) is 38.2 Å². The Labute approximate surface area is 205 Å². The van der Waals surface area contributed by atoms with Gasteiger partial charge in [0.15, 0.2) is 11.5 Å². The van der Waals surface area contributed by atoms with Crippen molar-refractivity contribution in [3.8, 4) is 22.6 Å². The summed E-state index contributed by atoms with van der Waals surface area (Å²) in [5.41, 5.74) is 2.41. The van der Waals surface area contributed by atoms with Crippen molar-refractivity contribution in [3.63, 3.8) is 0 Å². The van der Waals surface area contributed by atoms with Crippen LogP contribution in [-0.4, -0.2) is 48.5 Å². The molecule has 2 heterocycles. The molecule has 1 saturated heterocycles. The Balaban J connectivity index is 1.75. The van der Waals surface area contributed by atoms with Gasteiger partial charge in [0.05, 0.1) is 17.9 Å². The van der Waals surface area contributed by atoms with Gasteiger partial charge in [-0.1, -0.05) is 31.2 Å². The fourth-order valence-corrected chi connectivity index (χ4v) is 4.71. The van der Waals surface area contributed by atoms with E-state index in [-0.39, 0.29) is 17.4 Å². The zero-order valence-corrected chi connectivity index (χ0v) is 20.4. The van der Waals surface area contributed by atoms with E-state index in [1.54, 1.807) is 6.07 Å². The lowest BCUT2D eigenvalue weighted by molar-refractivity contribution is -0.133. The second-order valence-electron chi connectivity index (χ2n) is 9.11. The molecule has 2 unspecified atom stereocenters. The number of anilines is 1. The van der Waals surface area contributed by atoms with Crippen molar-refractivity contribution in [1.82, 2.24) is 4.90 Å². The van der Waals surface area contributed by atoms with Crippen molar-refractivity contribution in [3.05, 3.63) is 54.1 Å². The van der Waals surface area contributed by atoms with Crippen molar-refractivity contribution in [2.45, 2.75) is 40.2 Å². The number of hydrogen-bond acceptors (Lipinski definition) is 7. The van der Waals surface area contributed by atoms with Crippen LogP contribution >= 0.6 is 0 Å². The molecule has 0 spiro atoms. The SMILES string of the molecule is CC(=O)N(OCCN1CC(C)CC1C)c1ccc2c(c1-c1ccccc1C)OC(=O)/C=C/C(=O)O2. The molecule has 0 N–H and O–H groups in total. The van der Waals surface area contributed by atoms with Crippen LogP contribution in [-0.2, 0) is 19.2 Å². The fraction of sp³-hybridized carbons (Fsp3) is 0.370. The van der Waals surface area contributed by atoms with E-state index >= 15 is 0 Å². The molecule has 0 bridgehead atoms. The highest BCUT2D eigenvalue weighted by Crippen LogP contribution is 2.46. The van der Waals surface area contributed by atoms with Crippen LogP contribution in [0.2, 0.25) is 0 Å². The summed E-state index contributed by atoms with van der Waals surface area (Å²) in [6, 6.07) is 11.1. The molecule has 0 radical (unpaired) electrons. The maximum absolute atomic E-state index is 12.7. The molecule has 2 aliphatic heterocycles. The minimum Gasteiger partial charge on any atom is -0.419 e. The first-order valence-corrected chi connectivity index (χ1v) is 11.8. The Morgan fingerprint density at radius 3 is 2.46 bits per heavy atom. The van der Waals surface area contributed by atoms with Crippen LogP contribution in [0.4, 0.5) is 5.69 Å². The lowest BCUT2D eigenvalue weighted by atomic mass is 9.97. The van der Waals surface area contributed by atoms with Gasteiger partial charge in [-0.25, -0.2) is 9.59 Å². The summed E-state index contributed by atoms with van der Waals surface area (Å²) in [7, 11) is 0. The van der Waals surface area contributed by atoms with Crippen molar-refractivity contribution < 1.29 is 28.7 Å². The number of likely N-dealkylation sites (tertiary alicyclic amines) is 1. The average Bonchev–Trinajstić information content (AvgIpc) is 3.12. The van der Waals surface area contributed by atoms with E-state index < -0.39 is 11.9 Å². The molecule has 1 fully saturated rings. The van der Waals surface area contributed by atoms with Crippen LogP contribution in [0.1, 0.15) is 32.8 Å². The Hall–Kier alpha value is -3.49. The van der Waals surface area contributed by atoms with Gasteiger partial charge in [-0.15, -0.1) is 0 Å². The molecule has 0 aliphatic carbocycles. The van der Waals surface area contributed by atoms with Crippen LogP contribution in [0.3, 0.4) is 0 Å². The molecule has 35 heavy (non-hydrogen) atoms. The standard InChI is InChI=1S/C27H30N2O6/c1-17-15-19(3)28(16-17)13-14-33-29(20(4)30)22-9-10-23-27(35-25(32)12-11-24(31)34-23)26(22)21-8-6-5-7-18(21)2/h5-12,17,19H,13-16H2,1-4H3/b12-11+. The van der Waals surface area contributed by atoms with Crippen molar-refractivity contribution in [2.24, 2.45) is 5.92 Å². The Bertz CT molecular complexity index is 1170. The summed E-state index contributed by atoms with van der Waals surface area (Å²) in [5.74, 6) is -0.991. The summed E-state index contributed by atoms with van der Waals surface area (Å²) < 4.78 is 11.0. The fourth-order valence-electron chi connectivity index (χ4n) is 4.71. The van der Waals surface area contributed by atoms with Gasteiger partial charge < -0.3 is 9.47 Å². The molecular formula is C27H30N2O6. The van der Waals surface area contributed by atoms with E-state index in [0.29, 0.717) is 41.9 Å². The molecule has 2 aromatic carbocycles. The Kier molecular flexibility index (Phi) is 7.33. The molecule has 8 nitrogen and oxygen atoms in total. The molecule has 8 heteroatoms. The highest BCUT2D eigenvalue weighted by atomic mass is 16.7. The predicted molar refractivity (Wildman–Crippen MR) is 131 cm³/mol. The van der Waals surface area contributed by atoms with Gasteiger partial charge >= 0.3 is 11.9 Å². The molecule has 2 aliphatic rings. The summed E-state index contributed by atoms with van der Waals surface area (Å²) in [6.45, 7) is 9.72. The number of benzene rings is 2. The second kappa shape index (κ2) is 10.4. The van der Waals surface area contributed by atoms with Crippen LogP contribution in [0, 0.1) is 12.8 Å². The molecule has 0 saturated carbocycles. The average molecular weight is 479 g/mol. The third-order valence-corrected chi connectivity index (χ3v) is 6.30. The molecular weight excluding hydrogens is 448 g/mol. The van der Waals surface area contributed by atoms with Gasteiger partial charge in [-0.05, 0) is 49.4 Å². The number of nitrogens with zero attached hydrogens (tertiary/aromatic N) is 2. The number of carbonyl (C=O) groups excluding carboxylic acids is 3. The van der Waals surface area contributed by atoms with E-state index in [9.17, 15) is 14.4 Å². The number of rotatable bonds is 6. The summed E-state index contributed by atoms with van der Waals surface area (Å²) >= 11 is 0. The summed E-state index contributed by atoms with van der Waals surface area (Å²) in [6.07, 6.45) is 3.16. The third kappa shape index (κ3) is 5.44. The first kappa shape index (κ1) is 24.6. The van der Waals surface area contributed by atoms with Gasteiger partial charge in [-0.3, -0.25) is 14.5 Å². The molecule has 2 aromatic rings. The van der Waals surface area contributed by atoms with Gasteiger partial charge in [0.25, 0.3) is 0 Å². The lowest BCUT2D eigenvalue weighted by Crippen LogP contribution is -2.36. The lowest BCUT2D eigenvalue weighted by Gasteiger charge is -2.27. The maximum Gasteiger partial charge on any atom is 0.336 e. The molecule has 1 amide bonds.